The molecule has 42 heavy (non-hydrogen) atoms. The molecule has 1 fully saturated rings. The Morgan fingerprint density at radius 2 is 1.79 bits per heavy atom. The summed E-state index contributed by atoms with van der Waals surface area (Å²) in [4.78, 5) is 49.6. The number of aromatic nitrogens is 4. The van der Waals surface area contributed by atoms with Gasteiger partial charge >= 0.3 is 5.76 Å². The normalized spacial score (nSPS) is 14.3. The molecule has 0 radical (unpaired) electrons. The van der Waals surface area contributed by atoms with Gasteiger partial charge in [0.15, 0.2) is 11.4 Å². The number of carbonyl (C=O) groups excluding carboxylic acids is 1. The number of piperazine rings is 1. The fraction of sp³-hybridized carbons (Fsp3) is 0.355. The van der Waals surface area contributed by atoms with Crippen molar-refractivity contribution in [3.63, 3.8) is 0 Å². The van der Waals surface area contributed by atoms with Crippen molar-refractivity contribution in [2.75, 3.05) is 37.6 Å². The second-order valence-electron chi connectivity index (χ2n) is 10.7. The highest BCUT2D eigenvalue weighted by Gasteiger charge is 2.23. The molecule has 0 aliphatic carbocycles. The number of benzene rings is 2. The molecule has 0 unspecified atom stereocenters. The summed E-state index contributed by atoms with van der Waals surface area (Å²) in [6, 6.07) is 14.2. The number of imidazole rings is 1. The zero-order valence-electron chi connectivity index (χ0n) is 23.5. The first kappa shape index (κ1) is 28.0. The zero-order valence-corrected chi connectivity index (χ0v) is 24.3. The minimum Gasteiger partial charge on any atom is -0.408 e. The van der Waals surface area contributed by atoms with Crippen LogP contribution in [0.4, 0.5) is 5.82 Å². The number of nitrogens with zero attached hydrogens (tertiary/aromatic N) is 5. The summed E-state index contributed by atoms with van der Waals surface area (Å²) in [5, 5.41) is 0.653. The molecule has 6 rings (SSSR count). The van der Waals surface area contributed by atoms with Crippen LogP contribution in [0.1, 0.15) is 43.0 Å². The summed E-state index contributed by atoms with van der Waals surface area (Å²) < 4.78 is 8.90. The first-order valence-corrected chi connectivity index (χ1v) is 14.8. The van der Waals surface area contributed by atoms with Crippen molar-refractivity contribution >= 4 is 40.1 Å². The van der Waals surface area contributed by atoms with E-state index < -0.39 is 5.76 Å². The van der Waals surface area contributed by atoms with Gasteiger partial charge in [0.05, 0.1) is 11.2 Å². The van der Waals surface area contributed by atoms with E-state index in [1.54, 1.807) is 34.9 Å². The van der Waals surface area contributed by atoms with Crippen molar-refractivity contribution in [3.05, 3.63) is 86.2 Å². The van der Waals surface area contributed by atoms with Crippen molar-refractivity contribution in [2.24, 2.45) is 0 Å². The van der Waals surface area contributed by atoms with Crippen molar-refractivity contribution in [1.29, 1.82) is 0 Å². The minimum atomic E-state index is -0.530. The van der Waals surface area contributed by atoms with Crippen LogP contribution in [0.2, 0.25) is 5.02 Å². The van der Waals surface area contributed by atoms with E-state index in [2.05, 4.69) is 26.3 Å². The lowest BCUT2D eigenvalue weighted by Crippen LogP contribution is -2.48. The number of carbonyl (C=O) groups is 1. The topological polar surface area (TPSA) is 109 Å². The van der Waals surface area contributed by atoms with Crippen LogP contribution in [-0.4, -0.2) is 62.3 Å². The van der Waals surface area contributed by atoms with Gasteiger partial charge in [-0.15, -0.1) is 0 Å². The molecule has 218 valence electrons. The molecule has 3 aromatic heterocycles. The van der Waals surface area contributed by atoms with Crippen LogP contribution in [0.25, 0.3) is 28.1 Å². The highest BCUT2D eigenvalue weighted by molar-refractivity contribution is 6.30. The molecule has 2 aromatic carbocycles. The zero-order chi connectivity index (χ0) is 29.2. The molecule has 0 spiro atoms. The number of rotatable bonds is 10. The van der Waals surface area contributed by atoms with Crippen LogP contribution >= 0.6 is 11.6 Å². The first-order valence-electron chi connectivity index (χ1n) is 14.4. The van der Waals surface area contributed by atoms with Crippen molar-refractivity contribution in [2.45, 2.75) is 39.2 Å². The Balaban J connectivity index is 1.17. The van der Waals surface area contributed by atoms with Crippen molar-refractivity contribution in [1.82, 2.24) is 23.8 Å². The van der Waals surface area contributed by atoms with E-state index in [1.165, 1.54) is 0 Å². The smallest absolute Gasteiger partial charge is 0.408 e. The summed E-state index contributed by atoms with van der Waals surface area (Å²) in [5.41, 5.74) is 3.03. The number of unbranched alkanes of at least 4 members (excludes halogenated alkanes) is 2. The van der Waals surface area contributed by atoms with Crippen molar-refractivity contribution < 1.29 is 9.21 Å². The number of aryl methyl sites for hydroxylation is 1. The summed E-state index contributed by atoms with van der Waals surface area (Å²) in [6.07, 6.45) is 5.35. The fourth-order valence-electron chi connectivity index (χ4n) is 5.56. The Hall–Kier alpha value is -4.15. The van der Waals surface area contributed by atoms with Gasteiger partial charge in [-0.2, -0.15) is 0 Å². The molecule has 1 N–H and O–H groups in total. The van der Waals surface area contributed by atoms with E-state index >= 15 is 0 Å². The number of halogens is 1. The summed E-state index contributed by atoms with van der Waals surface area (Å²) in [6.45, 7) is 6.61. The third-order valence-electron chi connectivity index (χ3n) is 7.91. The van der Waals surface area contributed by atoms with Gasteiger partial charge in [-0.1, -0.05) is 43.5 Å². The Morgan fingerprint density at radius 1 is 1.00 bits per heavy atom. The molecule has 0 amide bonds. The lowest BCUT2D eigenvalue weighted by molar-refractivity contribution is 0.0962. The molecule has 1 aliphatic heterocycles. The highest BCUT2D eigenvalue weighted by Crippen LogP contribution is 2.24. The van der Waals surface area contributed by atoms with Gasteiger partial charge in [0, 0.05) is 74.1 Å². The number of anilines is 1. The maximum Gasteiger partial charge on any atom is 0.417 e. The largest absolute Gasteiger partial charge is 0.417 e. The van der Waals surface area contributed by atoms with Crippen LogP contribution in [0.3, 0.4) is 0 Å². The lowest BCUT2D eigenvalue weighted by atomic mass is 10.1. The number of H-pyrrole nitrogens is 1. The SMILES string of the molecule is CCCCCn1c(N2CCN(CCC(=O)c3ccc4[nH]c(=O)oc4c3)CC2)cc(=O)n2cc(-c3ccc(Cl)cc3)nc12. The lowest BCUT2D eigenvalue weighted by Gasteiger charge is -2.37. The van der Waals surface area contributed by atoms with Gasteiger partial charge in [0.25, 0.3) is 5.56 Å². The molecule has 10 nitrogen and oxygen atoms in total. The monoisotopic (exact) mass is 588 g/mol. The van der Waals surface area contributed by atoms with Crippen LogP contribution in [-0.2, 0) is 6.54 Å². The fourth-order valence-corrected chi connectivity index (χ4v) is 5.69. The number of ketones is 1. The summed E-state index contributed by atoms with van der Waals surface area (Å²) in [7, 11) is 0. The van der Waals surface area contributed by atoms with E-state index in [-0.39, 0.29) is 11.3 Å². The van der Waals surface area contributed by atoms with Crippen LogP contribution in [0.5, 0.6) is 0 Å². The van der Waals surface area contributed by atoms with E-state index in [4.69, 9.17) is 21.0 Å². The maximum atomic E-state index is 13.3. The summed E-state index contributed by atoms with van der Waals surface area (Å²) >= 11 is 6.08. The first-order chi connectivity index (χ1) is 20.4. The molecule has 1 aliphatic rings. The molecule has 1 saturated heterocycles. The third kappa shape index (κ3) is 5.77. The number of hydrogen-bond donors (Lipinski definition) is 1. The Morgan fingerprint density at radius 3 is 2.55 bits per heavy atom. The quantitative estimate of drug-likeness (QED) is 0.184. The number of Topliss-reactive ketones (excluding diaryl/α,β-unsaturated/α-hetero) is 1. The second-order valence-corrected chi connectivity index (χ2v) is 11.2. The van der Waals surface area contributed by atoms with Gasteiger partial charge in [0.2, 0.25) is 5.78 Å². The molecule has 0 saturated carbocycles. The molecule has 5 aromatic rings. The molecule has 4 heterocycles. The molecule has 0 atom stereocenters. The van der Waals surface area contributed by atoms with Crippen molar-refractivity contribution in [3.8, 4) is 11.3 Å². The number of aromatic amines is 1. The van der Waals surface area contributed by atoms with Gasteiger partial charge in [-0.05, 0) is 36.8 Å². The number of fused-ring (bicyclic) bond motifs is 2. The number of oxazole rings is 1. The van der Waals surface area contributed by atoms with E-state index in [0.29, 0.717) is 40.4 Å². The predicted octanol–water partition coefficient (Wildman–Crippen LogP) is 4.84. The van der Waals surface area contributed by atoms with Crippen LogP contribution < -0.4 is 16.2 Å². The summed E-state index contributed by atoms with van der Waals surface area (Å²) in [5.74, 6) is 1.00. The number of nitrogens with one attached hydrogen (secondary N) is 1. The van der Waals surface area contributed by atoms with E-state index in [9.17, 15) is 14.4 Å². The standard InChI is InChI=1S/C31H33ClN6O4/c1-2-3-4-12-37-28(19-29(40)38-20-25(33-30(37)38)21-5-8-23(32)9-6-21)36-16-14-35(15-17-36)13-11-26(39)22-7-10-24-27(18-22)42-31(41)34-24/h5-10,18-20H,2-4,11-17H2,1H3,(H,34,41). The maximum absolute atomic E-state index is 13.3. The molecular formula is C31H33ClN6O4. The Kier molecular flexibility index (Phi) is 7.99. The van der Waals surface area contributed by atoms with Gasteiger partial charge < -0.3 is 9.32 Å². The second kappa shape index (κ2) is 12.0. The third-order valence-corrected chi connectivity index (χ3v) is 8.17. The highest BCUT2D eigenvalue weighted by atomic mass is 35.5. The van der Waals surface area contributed by atoms with Crippen LogP contribution in [0, 0.1) is 0 Å². The average molecular weight is 589 g/mol. The molecule has 0 bridgehead atoms. The van der Waals surface area contributed by atoms with E-state index in [0.717, 1.165) is 69.1 Å². The van der Waals surface area contributed by atoms with Gasteiger partial charge in [-0.3, -0.25) is 28.4 Å². The van der Waals surface area contributed by atoms with E-state index in [1.807, 2.05) is 24.3 Å². The van der Waals surface area contributed by atoms with Gasteiger partial charge in [0.1, 0.15) is 5.82 Å². The molecule has 11 heteroatoms. The molecular weight excluding hydrogens is 556 g/mol. The average Bonchev–Trinajstić information content (AvgIpc) is 3.61. The van der Waals surface area contributed by atoms with Gasteiger partial charge in [-0.25, -0.2) is 9.78 Å². The van der Waals surface area contributed by atoms with Crippen LogP contribution in [0.15, 0.2) is 68.7 Å². The number of hydrogen-bond acceptors (Lipinski definition) is 7. The Labute approximate surface area is 247 Å². The predicted molar refractivity (Wildman–Crippen MR) is 164 cm³/mol. The minimum absolute atomic E-state index is 0.00851. The Bertz CT molecular complexity index is 1840.